The Kier molecular flexibility index (Phi) is 8.18. The fourth-order valence-electron chi connectivity index (χ4n) is 3.23. The monoisotopic (exact) mass is 416 g/mol. The minimum atomic E-state index is 0.623. The maximum Gasteiger partial charge on any atom is 0.225 e. The van der Waals surface area contributed by atoms with E-state index in [1.807, 2.05) is 6.07 Å². The van der Waals surface area contributed by atoms with Crippen LogP contribution in [-0.2, 0) is 6.54 Å². The average Bonchev–Trinajstić information content (AvgIpc) is 3.07. The van der Waals surface area contributed by atoms with E-state index in [0.717, 1.165) is 74.8 Å². The molecule has 1 saturated heterocycles. The number of piperazine rings is 1. The van der Waals surface area contributed by atoms with Gasteiger partial charge >= 0.3 is 0 Å². The molecule has 0 amide bonds. The number of aryl methyl sites for hydroxylation is 2. The highest BCUT2D eigenvalue weighted by atomic mass is 32.1. The molecule has 1 aliphatic rings. The van der Waals surface area contributed by atoms with Crippen LogP contribution in [0.4, 0.5) is 5.95 Å². The number of guanidine groups is 1. The zero-order chi connectivity index (χ0) is 20.5. The highest BCUT2D eigenvalue weighted by molar-refractivity contribution is 7.11. The standard InChI is InChI=1S/C20H32N8S/c1-4-21-19(25-15-18-26-16(2)17(3)29-18)22-9-6-10-27-11-13-28(14-12-27)20-23-7-5-8-24-20/h5,7-8H,4,6,9-15H2,1-3H3,(H2,21,22,25). The minimum Gasteiger partial charge on any atom is -0.357 e. The quantitative estimate of drug-likeness (QED) is 0.386. The Balaban J connectivity index is 1.36. The van der Waals surface area contributed by atoms with Gasteiger partial charge in [-0.15, -0.1) is 11.3 Å². The van der Waals surface area contributed by atoms with Crippen molar-refractivity contribution in [2.24, 2.45) is 4.99 Å². The summed E-state index contributed by atoms with van der Waals surface area (Å²) in [6, 6.07) is 1.86. The van der Waals surface area contributed by atoms with Crippen LogP contribution in [0.2, 0.25) is 0 Å². The van der Waals surface area contributed by atoms with Crippen molar-refractivity contribution in [1.29, 1.82) is 0 Å². The summed E-state index contributed by atoms with van der Waals surface area (Å²) in [5.74, 6) is 1.70. The molecule has 8 nitrogen and oxygen atoms in total. The SMILES string of the molecule is CCNC(=NCc1nc(C)c(C)s1)NCCCN1CCN(c2ncccn2)CC1. The molecule has 158 valence electrons. The van der Waals surface area contributed by atoms with E-state index in [2.05, 4.69) is 61.1 Å². The number of thiazole rings is 1. The van der Waals surface area contributed by atoms with E-state index in [0.29, 0.717) is 6.54 Å². The number of anilines is 1. The summed E-state index contributed by atoms with van der Waals surface area (Å²) in [4.78, 5) is 24.0. The molecule has 2 N–H and O–H groups in total. The van der Waals surface area contributed by atoms with Gasteiger partial charge in [0.2, 0.25) is 5.95 Å². The molecule has 1 aliphatic heterocycles. The van der Waals surface area contributed by atoms with Crippen molar-refractivity contribution in [2.75, 3.05) is 50.7 Å². The van der Waals surface area contributed by atoms with Crippen LogP contribution in [0.1, 0.15) is 28.9 Å². The van der Waals surface area contributed by atoms with E-state index in [4.69, 9.17) is 0 Å². The first-order valence-corrected chi connectivity index (χ1v) is 11.2. The van der Waals surface area contributed by atoms with E-state index in [1.165, 1.54) is 4.88 Å². The second kappa shape index (κ2) is 11.1. The average molecular weight is 417 g/mol. The van der Waals surface area contributed by atoms with E-state index in [-0.39, 0.29) is 0 Å². The zero-order valence-corrected chi connectivity index (χ0v) is 18.5. The number of nitrogens with one attached hydrogen (secondary N) is 2. The predicted octanol–water partition coefficient (Wildman–Crippen LogP) is 1.82. The Morgan fingerprint density at radius 1 is 1.14 bits per heavy atom. The molecule has 0 spiro atoms. The van der Waals surface area contributed by atoms with Crippen LogP contribution < -0.4 is 15.5 Å². The van der Waals surface area contributed by atoms with Crippen molar-refractivity contribution in [3.63, 3.8) is 0 Å². The number of rotatable bonds is 8. The topological polar surface area (TPSA) is 81.6 Å². The van der Waals surface area contributed by atoms with Gasteiger partial charge in [0.1, 0.15) is 5.01 Å². The van der Waals surface area contributed by atoms with Gasteiger partial charge in [0.25, 0.3) is 0 Å². The van der Waals surface area contributed by atoms with E-state index >= 15 is 0 Å². The van der Waals surface area contributed by atoms with Crippen molar-refractivity contribution < 1.29 is 0 Å². The Morgan fingerprint density at radius 3 is 2.55 bits per heavy atom. The summed E-state index contributed by atoms with van der Waals surface area (Å²) >= 11 is 1.73. The van der Waals surface area contributed by atoms with Crippen molar-refractivity contribution in [2.45, 2.75) is 33.7 Å². The maximum atomic E-state index is 4.67. The summed E-state index contributed by atoms with van der Waals surface area (Å²) in [5.41, 5.74) is 1.11. The fourth-order valence-corrected chi connectivity index (χ4v) is 4.09. The molecule has 9 heteroatoms. The van der Waals surface area contributed by atoms with Crippen molar-refractivity contribution in [1.82, 2.24) is 30.5 Å². The molecule has 3 rings (SSSR count). The van der Waals surface area contributed by atoms with Crippen LogP contribution in [0.15, 0.2) is 23.5 Å². The lowest BCUT2D eigenvalue weighted by atomic mass is 10.3. The van der Waals surface area contributed by atoms with E-state index in [9.17, 15) is 0 Å². The summed E-state index contributed by atoms with van der Waals surface area (Å²) in [6.45, 7) is 13.8. The minimum absolute atomic E-state index is 0.623. The predicted molar refractivity (Wildman–Crippen MR) is 120 cm³/mol. The van der Waals surface area contributed by atoms with Crippen molar-refractivity contribution in [3.8, 4) is 0 Å². The first-order valence-electron chi connectivity index (χ1n) is 10.3. The van der Waals surface area contributed by atoms with E-state index in [1.54, 1.807) is 23.7 Å². The van der Waals surface area contributed by atoms with Crippen LogP contribution in [0.25, 0.3) is 0 Å². The van der Waals surface area contributed by atoms with Gasteiger partial charge in [-0.25, -0.2) is 19.9 Å². The molecule has 2 aromatic rings. The molecule has 0 aliphatic carbocycles. The highest BCUT2D eigenvalue weighted by Crippen LogP contribution is 2.17. The van der Waals surface area contributed by atoms with Gasteiger partial charge in [0, 0.05) is 56.5 Å². The van der Waals surface area contributed by atoms with Crippen molar-refractivity contribution in [3.05, 3.63) is 34.0 Å². The van der Waals surface area contributed by atoms with Gasteiger partial charge in [-0.2, -0.15) is 0 Å². The van der Waals surface area contributed by atoms with Gasteiger partial charge in [-0.3, -0.25) is 4.90 Å². The molecule has 2 aromatic heterocycles. The van der Waals surface area contributed by atoms with Crippen LogP contribution >= 0.6 is 11.3 Å². The third-order valence-corrected chi connectivity index (χ3v) is 6.00. The third kappa shape index (κ3) is 6.64. The molecule has 0 bridgehead atoms. The van der Waals surface area contributed by atoms with Gasteiger partial charge < -0.3 is 15.5 Å². The fraction of sp³-hybridized carbons (Fsp3) is 0.600. The Morgan fingerprint density at radius 2 is 1.90 bits per heavy atom. The van der Waals surface area contributed by atoms with Gasteiger partial charge in [0.05, 0.1) is 12.2 Å². The second-order valence-electron chi connectivity index (χ2n) is 7.10. The largest absolute Gasteiger partial charge is 0.357 e. The van der Waals surface area contributed by atoms with Crippen LogP contribution in [0.3, 0.4) is 0 Å². The summed E-state index contributed by atoms with van der Waals surface area (Å²) in [5, 5.41) is 7.83. The zero-order valence-electron chi connectivity index (χ0n) is 17.7. The highest BCUT2D eigenvalue weighted by Gasteiger charge is 2.18. The molecule has 0 unspecified atom stereocenters. The number of hydrogen-bond donors (Lipinski definition) is 2. The molecular weight excluding hydrogens is 384 g/mol. The molecule has 29 heavy (non-hydrogen) atoms. The lowest BCUT2D eigenvalue weighted by molar-refractivity contribution is 0.254. The number of aromatic nitrogens is 3. The molecular formula is C20H32N8S. The number of nitrogens with zero attached hydrogens (tertiary/aromatic N) is 6. The maximum absolute atomic E-state index is 4.67. The van der Waals surface area contributed by atoms with Crippen LogP contribution in [0, 0.1) is 13.8 Å². The molecule has 0 aromatic carbocycles. The third-order valence-electron chi connectivity index (χ3n) is 4.94. The van der Waals surface area contributed by atoms with Crippen molar-refractivity contribution >= 4 is 23.2 Å². The van der Waals surface area contributed by atoms with Gasteiger partial charge in [0.15, 0.2) is 5.96 Å². The lowest BCUT2D eigenvalue weighted by Gasteiger charge is -2.34. The molecule has 0 saturated carbocycles. The first-order chi connectivity index (χ1) is 14.2. The molecule has 3 heterocycles. The van der Waals surface area contributed by atoms with Gasteiger partial charge in [-0.1, -0.05) is 0 Å². The number of hydrogen-bond acceptors (Lipinski definition) is 7. The summed E-state index contributed by atoms with van der Waals surface area (Å²) in [7, 11) is 0. The number of aliphatic imine (C=N–C) groups is 1. The lowest BCUT2D eigenvalue weighted by Crippen LogP contribution is -2.47. The summed E-state index contributed by atoms with van der Waals surface area (Å²) < 4.78 is 0. The second-order valence-corrected chi connectivity index (χ2v) is 8.39. The first kappa shape index (κ1) is 21.4. The molecule has 0 atom stereocenters. The Labute approximate surface area is 177 Å². The smallest absolute Gasteiger partial charge is 0.225 e. The van der Waals surface area contributed by atoms with Crippen LogP contribution in [-0.4, -0.2) is 71.6 Å². The molecule has 1 fully saturated rings. The normalized spacial score (nSPS) is 15.6. The summed E-state index contributed by atoms with van der Waals surface area (Å²) in [6.07, 6.45) is 4.70. The van der Waals surface area contributed by atoms with Crippen LogP contribution in [0.5, 0.6) is 0 Å². The molecule has 0 radical (unpaired) electrons. The Bertz CT molecular complexity index is 749. The van der Waals surface area contributed by atoms with E-state index < -0.39 is 0 Å². The Hall–Kier alpha value is -2.26. The van der Waals surface area contributed by atoms with Gasteiger partial charge in [-0.05, 0) is 39.8 Å².